The summed E-state index contributed by atoms with van der Waals surface area (Å²) in [5.74, 6) is -1.20. The third kappa shape index (κ3) is 6.45. The van der Waals surface area contributed by atoms with Gasteiger partial charge in [-0.05, 0) is 24.3 Å². The quantitative estimate of drug-likeness (QED) is 0.574. The number of carbonyl (C=O) groups is 3. The zero-order chi connectivity index (χ0) is 20.0. The van der Waals surface area contributed by atoms with Crippen LogP contribution in [0.5, 0.6) is 11.5 Å². The average molecular weight is 382 g/mol. The molecule has 1 heterocycles. The van der Waals surface area contributed by atoms with Gasteiger partial charge in [0.15, 0.2) is 6.10 Å². The molecule has 9 nitrogen and oxygen atoms in total. The van der Waals surface area contributed by atoms with Gasteiger partial charge in [0.1, 0.15) is 30.3 Å². The van der Waals surface area contributed by atoms with Gasteiger partial charge in [-0.25, -0.2) is 0 Å². The van der Waals surface area contributed by atoms with E-state index < -0.39 is 42.5 Å². The molecule has 1 N–H and O–H groups in total. The summed E-state index contributed by atoms with van der Waals surface area (Å²) in [4.78, 5) is 34.1. The lowest BCUT2D eigenvalue weighted by atomic mass is 10.0. The highest BCUT2D eigenvalue weighted by atomic mass is 16.7. The van der Waals surface area contributed by atoms with E-state index >= 15 is 0 Å². The second-order valence-corrected chi connectivity index (χ2v) is 5.98. The first-order valence-electron chi connectivity index (χ1n) is 8.33. The largest absolute Gasteiger partial charge is 0.508 e. The minimum absolute atomic E-state index is 0.0763. The molecule has 0 unspecified atom stereocenters. The summed E-state index contributed by atoms with van der Waals surface area (Å²) in [6.07, 6.45) is -3.45. The maximum absolute atomic E-state index is 11.5. The fourth-order valence-electron chi connectivity index (χ4n) is 2.65. The number of hydrogen-bond acceptors (Lipinski definition) is 9. The third-order valence-electron chi connectivity index (χ3n) is 3.66. The highest BCUT2D eigenvalue weighted by Crippen LogP contribution is 2.28. The zero-order valence-corrected chi connectivity index (χ0v) is 15.2. The van der Waals surface area contributed by atoms with Gasteiger partial charge in [0, 0.05) is 20.8 Å². The minimum atomic E-state index is -0.953. The van der Waals surface area contributed by atoms with Gasteiger partial charge in [-0.15, -0.1) is 0 Å². The molecule has 1 saturated heterocycles. The van der Waals surface area contributed by atoms with Crippen LogP contribution in [0.3, 0.4) is 0 Å². The van der Waals surface area contributed by atoms with Gasteiger partial charge >= 0.3 is 17.9 Å². The number of ether oxygens (including phenoxy) is 5. The van der Waals surface area contributed by atoms with Crippen molar-refractivity contribution >= 4 is 17.9 Å². The molecule has 1 aromatic rings. The zero-order valence-electron chi connectivity index (χ0n) is 15.2. The fourth-order valence-corrected chi connectivity index (χ4v) is 2.65. The van der Waals surface area contributed by atoms with Gasteiger partial charge in [0.05, 0.1) is 6.42 Å². The first kappa shape index (κ1) is 20.5. The van der Waals surface area contributed by atoms with Gasteiger partial charge in [-0.3, -0.25) is 14.4 Å². The van der Waals surface area contributed by atoms with Crippen molar-refractivity contribution in [2.45, 2.75) is 51.8 Å². The Labute approximate surface area is 156 Å². The monoisotopic (exact) mass is 382 g/mol. The number of phenolic OH excluding ortho intramolecular Hbond substituents is 1. The molecule has 0 aliphatic carbocycles. The SMILES string of the molecule is CC(=O)OC[C@H]1O[C@@H](Oc2ccc(O)cc2)C[C@@H](OC(C)=O)[C@@H]1OC(C)=O. The molecule has 2 rings (SSSR count). The van der Waals surface area contributed by atoms with Crippen LogP contribution < -0.4 is 4.74 Å². The van der Waals surface area contributed by atoms with E-state index in [-0.39, 0.29) is 18.8 Å². The summed E-state index contributed by atoms with van der Waals surface area (Å²) in [5.41, 5.74) is 0. The van der Waals surface area contributed by atoms with Gasteiger partial charge in [0.2, 0.25) is 6.29 Å². The summed E-state index contributed by atoms with van der Waals surface area (Å²) in [6, 6.07) is 5.97. The Morgan fingerprint density at radius 1 is 1.04 bits per heavy atom. The summed E-state index contributed by atoms with van der Waals surface area (Å²) in [6.45, 7) is 3.47. The average Bonchev–Trinajstić information content (AvgIpc) is 2.56. The number of hydrogen-bond donors (Lipinski definition) is 1. The molecule has 0 aromatic heterocycles. The first-order chi connectivity index (χ1) is 12.7. The summed E-state index contributed by atoms with van der Waals surface area (Å²) >= 11 is 0. The third-order valence-corrected chi connectivity index (χ3v) is 3.66. The lowest BCUT2D eigenvalue weighted by molar-refractivity contribution is -0.245. The lowest BCUT2D eigenvalue weighted by Gasteiger charge is -2.39. The maximum Gasteiger partial charge on any atom is 0.303 e. The molecule has 0 radical (unpaired) electrons. The molecule has 1 fully saturated rings. The van der Waals surface area contributed by atoms with E-state index in [2.05, 4.69) is 0 Å². The molecule has 1 aliphatic heterocycles. The Balaban J connectivity index is 2.19. The van der Waals surface area contributed by atoms with E-state index in [4.69, 9.17) is 23.7 Å². The second-order valence-electron chi connectivity index (χ2n) is 5.98. The van der Waals surface area contributed by atoms with Crippen LogP contribution in [0.25, 0.3) is 0 Å². The smallest absolute Gasteiger partial charge is 0.303 e. The number of benzene rings is 1. The molecule has 4 atom stereocenters. The van der Waals surface area contributed by atoms with Crippen molar-refractivity contribution in [3.63, 3.8) is 0 Å². The van der Waals surface area contributed by atoms with Crippen LogP contribution in [0, 0.1) is 0 Å². The summed E-state index contributed by atoms with van der Waals surface area (Å²) in [7, 11) is 0. The van der Waals surface area contributed by atoms with Crippen molar-refractivity contribution in [3.8, 4) is 11.5 Å². The Hall–Kier alpha value is -2.81. The lowest BCUT2D eigenvalue weighted by Crippen LogP contribution is -2.54. The van der Waals surface area contributed by atoms with Crippen LogP contribution in [0.4, 0.5) is 0 Å². The molecule has 0 amide bonds. The van der Waals surface area contributed by atoms with E-state index in [0.29, 0.717) is 5.75 Å². The fraction of sp³-hybridized carbons (Fsp3) is 0.500. The molecule has 9 heteroatoms. The predicted molar refractivity (Wildman–Crippen MR) is 89.8 cm³/mol. The maximum atomic E-state index is 11.5. The number of aromatic hydroxyl groups is 1. The van der Waals surface area contributed by atoms with Gasteiger partial charge < -0.3 is 28.8 Å². The van der Waals surface area contributed by atoms with Gasteiger partial charge in [-0.1, -0.05) is 0 Å². The van der Waals surface area contributed by atoms with Crippen LogP contribution in [0.15, 0.2) is 24.3 Å². The number of rotatable bonds is 6. The van der Waals surface area contributed by atoms with Crippen LogP contribution in [0.1, 0.15) is 27.2 Å². The number of esters is 3. The van der Waals surface area contributed by atoms with E-state index in [1.54, 1.807) is 12.1 Å². The normalized spacial score (nSPS) is 24.6. The topological polar surface area (TPSA) is 118 Å². The second kappa shape index (κ2) is 9.22. The summed E-state index contributed by atoms with van der Waals surface area (Å²) < 4.78 is 27.0. The Morgan fingerprint density at radius 2 is 1.67 bits per heavy atom. The highest BCUT2D eigenvalue weighted by molar-refractivity contribution is 5.67. The van der Waals surface area contributed by atoms with Crippen molar-refractivity contribution in [2.24, 2.45) is 0 Å². The first-order valence-corrected chi connectivity index (χ1v) is 8.33. The van der Waals surface area contributed by atoms with Gasteiger partial charge in [-0.2, -0.15) is 0 Å². The van der Waals surface area contributed by atoms with E-state index in [1.165, 1.54) is 32.9 Å². The van der Waals surface area contributed by atoms with Crippen molar-refractivity contribution in [2.75, 3.05) is 6.61 Å². The Kier molecular flexibility index (Phi) is 7.00. The molecule has 1 aromatic carbocycles. The molecule has 0 saturated carbocycles. The Morgan fingerprint density at radius 3 is 2.22 bits per heavy atom. The van der Waals surface area contributed by atoms with E-state index in [0.717, 1.165) is 0 Å². The van der Waals surface area contributed by atoms with Crippen molar-refractivity contribution in [3.05, 3.63) is 24.3 Å². The minimum Gasteiger partial charge on any atom is -0.508 e. The molecule has 148 valence electrons. The van der Waals surface area contributed by atoms with Crippen LogP contribution in [-0.4, -0.2) is 54.2 Å². The van der Waals surface area contributed by atoms with Crippen molar-refractivity contribution < 1.29 is 43.2 Å². The standard InChI is InChI=1S/C18H22O9/c1-10(19)23-9-16-18(25-12(3)21)15(24-11(2)20)8-17(27-16)26-14-6-4-13(22)5-7-14/h4-7,15-18,22H,8-9H2,1-3H3/t15-,16-,17-,18+/m1/s1. The van der Waals surface area contributed by atoms with Crippen molar-refractivity contribution in [1.29, 1.82) is 0 Å². The number of carbonyl (C=O) groups excluding carboxylic acids is 3. The predicted octanol–water partition coefficient (Wildman–Crippen LogP) is 1.31. The van der Waals surface area contributed by atoms with E-state index in [9.17, 15) is 19.5 Å². The van der Waals surface area contributed by atoms with Gasteiger partial charge in [0.25, 0.3) is 0 Å². The molecular weight excluding hydrogens is 360 g/mol. The Bertz CT molecular complexity index is 670. The highest BCUT2D eigenvalue weighted by Gasteiger charge is 2.44. The van der Waals surface area contributed by atoms with Crippen LogP contribution >= 0.6 is 0 Å². The molecule has 0 bridgehead atoms. The van der Waals surface area contributed by atoms with E-state index in [1.807, 2.05) is 0 Å². The molecule has 0 spiro atoms. The van der Waals surface area contributed by atoms with Crippen LogP contribution in [-0.2, 0) is 33.3 Å². The number of phenols is 1. The molecule has 27 heavy (non-hydrogen) atoms. The van der Waals surface area contributed by atoms with Crippen molar-refractivity contribution in [1.82, 2.24) is 0 Å². The molecule has 1 aliphatic rings. The molecular formula is C18H22O9. The summed E-state index contributed by atoms with van der Waals surface area (Å²) in [5, 5.41) is 9.35. The van der Waals surface area contributed by atoms with Crippen LogP contribution in [0.2, 0.25) is 0 Å².